The van der Waals surface area contributed by atoms with Crippen LogP contribution in [0.1, 0.15) is 26.5 Å². The van der Waals surface area contributed by atoms with Crippen molar-refractivity contribution in [2.75, 3.05) is 26.0 Å². The number of amides is 1. The summed E-state index contributed by atoms with van der Waals surface area (Å²) in [6.07, 6.45) is 11.7. The van der Waals surface area contributed by atoms with Crippen LogP contribution in [0, 0.1) is 16.7 Å². The maximum absolute atomic E-state index is 12.4. The molecule has 10 nitrogen and oxygen atoms in total. The number of hydrogen-bond donors (Lipinski definition) is 1. The van der Waals surface area contributed by atoms with Gasteiger partial charge in [0, 0.05) is 59.5 Å². The first-order valence-electron chi connectivity index (χ1n) is 12.7. The van der Waals surface area contributed by atoms with E-state index in [2.05, 4.69) is 21.4 Å². The Hall–Kier alpha value is -4.88. The van der Waals surface area contributed by atoms with Crippen molar-refractivity contribution in [3.63, 3.8) is 0 Å². The molecule has 204 valence electrons. The number of nitrogens with zero attached hydrogens (tertiary/aromatic N) is 6. The number of carbonyl (C=O) groups is 2. The molecule has 10 heteroatoms. The number of fused-ring (bicyclic) bond motifs is 1. The molecule has 0 atom stereocenters. The van der Waals surface area contributed by atoms with Crippen molar-refractivity contribution >= 4 is 28.6 Å². The van der Waals surface area contributed by atoms with Gasteiger partial charge in [-0.15, -0.1) is 0 Å². The maximum atomic E-state index is 12.4. The van der Waals surface area contributed by atoms with Crippen LogP contribution in [-0.4, -0.2) is 56.9 Å². The third-order valence-electron chi connectivity index (χ3n) is 5.93. The number of nitriles is 1. The SMILES string of the molecule is CN(C)C/C=C/C(=O)Nc1cncc(-c2cnc3c(c2)c(-c2ccnc(C#N)c2)cn3COC(=O)C(C)(C)C)c1. The molecule has 1 amide bonds. The van der Waals surface area contributed by atoms with E-state index in [0.29, 0.717) is 17.9 Å². The van der Waals surface area contributed by atoms with E-state index in [1.165, 1.54) is 6.08 Å². The molecule has 40 heavy (non-hydrogen) atoms. The fraction of sp³-hybridized carbons (Fsp3) is 0.267. The van der Waals surface area contributed by atoms with E-state index >= 15 is 0 Å². The first-order valence-corrected chi connectivity index (χ1v) is 12.7. The van der Waals surface area contributed by atoms with Gasteiger partial charge in [-0.1, -0.05) is 6.08 Å². The molecule has 4 rings (SSSR count). The topological polar surface area (TPSA) is 126 Å². The molecular formula is C30H31N7O3. The van der Waals surface area contributed by atoms with Gasteiger partial charge in [0.1, 0.15) is 17.4 Å². The maximum Gasteiger partial charge on any atom is 0.312 e. The van der Waals surface area contributed by atoms with Crippen LogP contribution in [-0.2, 0) is 21.1 Å². The highest BCUT2D eigenvalue weighted by atomic mass is 16.5. The molecule has 1 N–H and O–H groups in total. The number of pyridine rings is 3. The number of anilines is 1. The molecule has 0 radical (unpaired) electrons. The molecule has 0 unspecified atom stereocenters. The number of hydrogen-bond acceptors (Lipinski definition) is 8. The molecule has 0 fully saturated rings. The fourth-order valence-electron chi connectivity index (χ4n) is 3.88. The van der Waals surface area contributed by atoms with Crippen LogP contribution in [0.15, 0.2) is 67.4 Å². The van der Waals surface area contributed by atoms with Crippen LogP contribution in [0.2, 0.25) is 0 Å². The molecule has 0 aromatic carbocycles. The van der Waals surface area contributed by atoms with Crippen LogP contribution in [0.5, 0.6) is 0 Å². The minimum Gasteiger partial charge on any atom is -0.443 e. The zero-order chi connectivity index (χ0) is 28.9. The van der Waals surface area contributed by atoms with Crippen LogP contribution in [0.4, 0.5) is 5.69 Å². The van der Waals surface area contributed by atoms with Gasteiger partial charge in [-0.25, -0.2) is 9.97 Å². The number of ether oxygens (including phenoxy) is 1. The first kappa shape index (κ1) is 28.1. The largest absolute Gasteiger partial charge is 0.443 e. The van der Waals surface area contributed by atoms with Gasteiger partial charge >= 0.3 is 5.97 Å². The van der Waals surface area contributed by atoms with Crippen LogP contribution in [0.3, 0.4) is 0 Å². The van der Waals surface area contributed by atoms with Crippen LogP contribution < -0.4 is 5.32 Å². The van der Waals surface area contributed by atoms with Crippen molar-refractivity contribution < 1.29 is 14.3 Å². The lowest BCUT2D eigenvalue weighted by Crippen LogP contribution is -2.23. The fourth-order valence-corrected chi connectivity index (χ4v) is 3.88. The van der Waals surface area contributed by atoms with Gasteiger partial charge in [0.25, 0.3) is 0 Å². The summed E-state index contributed by atoms with van der Waals surface area (Å²) in [6, 6.07) is 9.38. The number of likely N-dealkylation sites (N-methyl/N-ethyl adjacent to an activating group) is 1. The second-order valence-electron chi connectivity index (χ2n) is 10.6. The Morgan fingerprint density at radius 1 is 1.10 bits per heavy atom. The van der Waals surface area contributed by atoms with Crippen LogP contribution >= 0.6 is 0 Å². The van der Waals surface area contributed by atoms with Crippen molar-refractivity contribution in [1.82, 2.24) is 24.4 Å². The third-order valence-corrected chi connectivity index (χ3v) is 5.93. The lowest BCUT2D eigenvalue weighted by molar-refractivity contribution is -0.156. The smallest absolute Gasteiger partial charge is 0.312 e. The summed E-state index contributed by atoms with van der Waals surface area (Å²) in [5.74, 6) is -0.575. The van der Waals surface area contributed by atoms with Crippen molar-refractivity contribution in [3.05, 3.63) is 73.1 Å². The Balaban J connectivity index is 1.71. The first-order chi connectivity index (χ1) is 19.0. The molecular weight excluding hydrogens is 506 g/mol. The van der Waals surface area contributed by atoms with Gasteiger partial charge < -0.3 is 15.0 Å². The van der Waals surface area contributed by atoms with E-state index < -0.39 is 5.41 Å². The van der Waals surface area contributed by atoms with Gasteiger partial charge in [0.05, 0.1) is 17.3 Å². The summed E-state index contributed by atoms with van der Waals surface area (Å²) in [7, 11) is 3.85. The molecule has 0 saturated carbocycles. The molecule has 4 aromatic rings. The summed E-state index contributed by atoms with van der Waals surface area (Å²) in [4.78, 5) is 39.8. The normalized spacial score (nSPS) is 11.6. The zero-order valence-corrected chi connectivity index (χ0v) is 23.2. The lowest BCUT2D eigenvalue weighted by atomic mass is 9.98. The highest BCUT2D eigenvalue weighted by Crippen LogP contribution is 2.33. The molecule has 4 heterocycles. The third kappa shape index (κ3) is 6.76. The lowest BCUT2D eigenvalue weighted by Gasteiger charge is -2.17. The Morgan fingerprint density at radius 2 is 1.88 bits per heavy atom. The summed E-state index contributed by atoms with van der Waals surface area (Å²) in [5, 5.41) is 13.0. The minimum absolute atomic E-state index is 0.0143. The minimum atomic E-state index is -0.644. The summed E-state index contributed by atoms with van der Waals surface area (Å²) in [5.41, 5.74) is 3.92. The van der Waals surface area contributed by atoms with Gasteiger partial charge in [0.15, 0.2) is 6.73 Å². The van der Waals surface area contributed by atoms with Gasteiger partial charge in [-0.2, -0.15) is 5.26 Å². The molecule has 0 aliphatic heterocycles. The monoisotopic (exact) mass is 537 g/mol. The zero-order valence-electron chi connectivity index (χ0n) is 23.2. The Labute approximate surface area is 232 Å². The van der Waals surface area contributed by atoms with E-state index in [1.54, 1.807) is 62.3 Å². The second kappa shape index (κ2) is 11.9. The predicted molar refractivity (Wildman–Crippen MR) is 153 cm³/mol. The highest BCUT2D eigenvalue weighted by Gasteiger charge is 2.24. The highest BCUT2D eigenvalue weighted by molar-refractivity contribution is 6.00. The molecule has 0 saturated heterocycles. The summed E-state index contributed by atoms with van der Waals surface area (Å²) in [6.45, 7) is 6.03. The van der Waals surface area contributed by atoms with Crippen molar-refractivity contribution in [2.45, 2.75) is 27.5 Å². The average molecular weight is 538 g/mol. The number of rotatable bonds is 8. The van der Waals surface area contributed by atoms with E-state index in [0.717, 1.165) is 27.6 Å². The van der Waals surface area contributed by atoms with Crippen molar-refractivity contribution in [1.29, 1.82) is 5.26 Å². The van der Waals surface area contributed by atoms with Gasteiger partial charge in [-0.3, -0.25) is 19.1 Å². The molecule has 0 bridgehead atoms. The van der Waals surface area contributed by atoms with E-state index in [-0.39, 0.29) is 24.3 Å². The molecule has 0 aliphatic rings. The standard InChI is InChI=1S/C30H31N7O3/c1-30(2,3)29(39)40-19-37-18-26(20-8-9-33-23(11-20)14-31)25-13-22(16-34-28(25)37)21-12-24(17-32-15-21)35-27(38)7-6-10-36(4)5/h6-9,11-13,15-18H,10,19H2,1-5H3,(H,35,38)/b7-6+. The summed E-state index contributed by atoms with van der Waals surface area (Å²) >= 11 is 0. The average Bonchev–Trinajstić information content (AvgIpc) is 3.29. The van der Waals surface area contributed by atoms with Crippen molar-refractivity contribution in [2.24, 2.45) is 5.41 Å². The van der Waals surface area contributed by atoms with E-state index in [4.69, 9.17) is 9.72 Å². The van der Waals surface area contributed by atoms with Crippen LogP contribution in [0.25, 0.3) is 33.3 Å². The van der Waals surface area contributed by atoms with Crippen molar-refractivity contribution in [3.8, 4) is 28.3 Å². The second-order valence-corrected chi connectivity index (χ2v) is 10.6. The Kier molecular flexibility index (Phi) is 8.36. The predicted octanol–water partition coefficient (Wildman–Crippen LogP) is 4.64. The van der Waals surface area contributed by atoms with Gasteiger partial charge in [0.2, 0.25) is 5.91 Å². The quantitative estimate of drug-likeness (QED) is 0.255. The summed E-state index contributed by atoms with van der Waals surface area (Å²) < 4.78 is 7.33. The number of carbonyl (C=O) groups excluding carboxylic acids is 2. The molecule has 4 aromatic heterocycles. The number of aromatic nitrogens is 4. The van der Waals surface area contributed by atoms with E-state index in [9.17, 15) is 14.9 Å². The molecule has 0 aliphatic carbocycles. The van der Waals surface area contributed by atoms with E-state index in [1.807, 2.05) is 43.4 Å². The Morgan fingerprint density at radius 3 is 2.60 bits per heavy atom. The number of nitrogens with one attached hydrogen (secondary N) is 1. The molecule has 0 spiro atoms. The number of esters is 1. The Bertz CT molecular complexity index is 1620. The van der Waals surface area contributed by atoms with Gasteiger partial charge in [-0.05, 0) is 64.7 Å².